The zero-order valence-electron chi connectivity index (χ0n) is 19.5. The molecule has 0 aliphatic carbocycles. The quantitative estimate of drug-likeness (QED) is 0.108. The summed E-state index contributed by atoms with van der Waals surface area (Å²) in [5, 5.41) is -6.75. The van der Waals surface area contributed by atoms with E-state index in [1.54, 1.807) is 0 Å². The monoisotopic (exact) mass is 545 g/mol. The third-order valence-electron chi connectivity index (χ3n) is 5.84. The fourth-order valence-electron chi connectivity index (χ4n) is 3.07. The lowest BCUT2D eigenvalue weighted by Crippen LogP contribution is -2.61. The third kappa shape index (κ3) is 9.67. The molecule has 1 atom stereocenters. The summed E-state index contributed by atoms with van der Waals surface area (Å²) in [4.78, 5) is 0. The molecule has 0 aliphatic heterocycles. The van der Waals surface area contributed by atoms with Gasteiger partial charge in [0.1, 0.15) is 0 Å². The van der Waals surface area contributed by atoms with Crippen LogP contribution < -0.4 is 0 Å². The van der Waals surface area contributed by atoms with Crippen molar-refractivity contribution in [2.45, 2.75) is 95.7 Å². The van der Waals surface area contributed by atoms with Gasteiger partial charge in [0.05, 0.1) is 26.2 Å². The smallest absolute Gasteiger partial charge is 0.402 e. The molecule has 0 aromatic heterocycles. The van der Waals surface area contributed by atoms with Crippen LogP contribution in [0.1, 0.15) is 66.2 Å². The lowest BCUT2D eigenvalue weighted by molar-refractivity contribution is -0.921. The van der Waals surface area contributed by atoms with Crippen molar-refractivity contribution >= 4 is 10.1 Å². The molecule has 4 nitrogen and oxygen atoms in total. The molecule has 208 valence electrons. The van der Waals surface area contributed by atoms with E-state index in [2.05, 4.69) is 27.7 Å². The molecule has 0 bridgehead atoms. The van der Waals surface area contributed by atoms with E-state index < -0.39 is 65.2 Å². The zero-order chi connectivity index (χ0) is 27.6. The van der Waals surface area contributed by atoms with Gasteiger partial charge < -0.3 is 9.04 Å². The lowest BCUT2D eigenvalue weighted by Gasteiger charge is -2.35. The highest BCUT2D eigenvalue weighted by Crippen LogP contribution is 2.50. The van der Waals surface area contributed by atoms with Crippen molar-refractivity contribution in [2.24, 2.45) is 0 Å². The average Bonchev–Trinajstić information content (AvgIpc) is 2.71. The molecular weight excluding hydrogens is 512 g/mol. The number of halogens is 10. The SMILES string of the molecule is CC[N+](CC)(CC)CC.O=S(=O)([O-])C(F)(F)C(F)(F)C(F)(F)C(F)CCCCCCC(F)(F)F. The highest BCUT2D eigenvalue weighted by Gasteiger charge is 2.77. The first-order valence-corrected chi connectivity index (χ1v) is 12.2. The van der Waals surface area contributed by atoms with Crippen molar-refractivity contribution in [1.82, 2.24) is 0 Å². The van der Waals surface area contributed by atoms with Crippen molar-refractivity contribution in [1.29, 1.82) is 0 Å². The Kier molecular flexibility index (Phi) is 14.0. The molecule has 0 rings (SSSR count). The Morgan fingerprint density at radius 1 is 0.735 bits per heavy atom. The minimum atomic E-state index is -7.21. The maximum Gasteiger partial charge on any atom is 0.402 e. The first-order chi connectivity index (χ1) is 15.1. The van der Waals surface area contributed by atoms with Crippen LogP contribution in [0.4, 0.5) is 43.9 Å². The van der Waals surface area contributed by atoms with Crippen LogP contribution in [0.2, 0.25) is 0 Å². The molecule has 0 saturated carbocycles. The van der Waals surface area contributed by atoms with Gasteiger partial charge in [-0.3, -0.25) is 0 Å². The van der Waals surface area contributed by atoms with E-state index in [0.717, 1.165) is 0 Å². The van der Waals surface area contributed by atoms with Crippen LogP contribution in [-0.2, 0) is 10.1 Å². The molecule has 0 amide bonds. The van der Waals surface area contributed by atoms with Crippen molar-refractivity contribution in [3.05, 3.63) is 0 Å². The average molecular weight is 546 g/mol. The van der Waals surface area contributed by atoms with Crippen molar-refractivity contribution in [3.8, 4) is 0 Å². The molecule has 0 heterocycles. The molecule has 0 spiro atoms. The Morgan fingerprint density at radius 3 is 1.41 bits per heavy atom. The predicted molar refractivity (Wildman–Crippen MR) is 106 cm³/mol. The van der Waals surface area contributed by atoms with E-state index in [9.17, 15) is 56.9 Å². The fourth-order valence-corrected chi connectivity index (χ4v) is 3.52. The highest BCUT2D eigenvalue weighted by atomic mass is 32.2. The van der Waals surface area contributed by atoms with Gasteiger partial charge in [0, 0.05) is 6.42 Å². The third-order valence-corrected chi connectivity index (χ3v) is 6.73. The van der Waals surface area contributed by atoms with Gasteiger partial charge in [0.2, 0.25) is 0 Å². The predicted octanol–water partition coefficient (Wildman–Crippen LogP) is 6.52. The summed E-state index contributed by atoms with van der Waals surface area (Å²) in [5.41, 5.74) is 0. The first kappa shape index (κ1) is 35.3. The van der Waals surface area contributed by atoms with E-state index in [1.165, 1.54) is 30.7 Å². The van der Waals surface area contributed by atoms with Crippen LogP contribution in [0, 0.1) is 0 Å². The number of alkyl halides is 10. The van der Waals surface area contributed by atoms with Gasteiger partial charge in [-0.1, -0.05) is 19.3 Å². The highest BCUT2D eigenvalue weighted by molar-refractivity contribution is 7.86. The second-order valence-corrected chi connectivity index (χ2v) is 9.23. The standard InChI is InChI=1S/C11H14F10O3S.C8H20N/c12-7(5-3-1-2-4-6-8(13,14)15)9(16,17)10(18,19)11(20,21)25(22,23)24;1-5-9(6-2,7-3)8-4/h7H,1-6H2,(H,22,23,24);5-8H2,1-4H3/q;+1/p-1. The van der Waals surface area contributed by atoms with Gasteiger partial charge in [-0.05, 0) is 40.5 Å². The normalized spacial score (nSPS) is 15.0. The lowest BCUT2D eigenvalue weighted by atomic mass is 10.0. The van der Waals surface area contributed by atoms with Gasteiger partial charge in [-0.25, -0.2) is 12.8 Å². The summed E-state index contributed by atoms with van der Waals surface area (Å²) in [5.74, 6) is -13.0. The Morgan fingerprint density at radius 2 is 1.12 bits per heavy atom. The molecule has 0 radical (unpaired) electrons. The molecular formula is C19H33F10NO3S. The number of hydrogen-bond donors (Lipinski definition) is 0. The molecule has 0 saturated heterocycles. The van der Waals surface area contributed by atoms with E-state index >= 15 is 0 Å². The maximum atomic E-state index is 13.3. The summed E-state index contributed by atoms with van der Waals surface area (Å²) in [6, 6.07) is 0. The molecule has 15 heteroatoms. The topological polar surface area (TPSA) is 57.2 Å². The minimum absolute atomic E-state index is 0.209. The molecule has 0 aliphatic rings. The molecule has 0 aromatic rings. The van der Waals surface area contributed by atoms with Crippen LogP contribution in [0.15, 0.2) is 0 Å². The van der Waals surface area contributed by atoms with E-state index in [-0.39, 0.29) is 12.8 Å². The molecule has 0 fully saturated rings. The maximum absolute atomic E-state index is 13.3. The summed E-state index contributed by atoms with van der Waals surface area (Å²) in [6.45, 7) is 14.2. The second-order valence-electron chi connectivity index (χ2n) is 7.81. The Balaban J connectivity index is 0. The van der Waals surface area contributed by atoms with Crippen molar-refractivity contribution in [3.63, 3.8) is 0 Å². The van der Waals surface area contributed by atoms with Gasteiger partial charge >= 0.3 is 23.3 Å². The minimum Gasteiger partial charge on any atom is -0.743 e. The van der Waals surface area contributed by atoms with E-state index in [4.69, 9.17) is 0 Å². The van der Waals surface area contributed by atoms with Crippen molar-refractivity contribution in [2.75, 3.05) is 26.2 Å². The molecule has 34 heavy (non-hydrogen) atoms. The van der Waals surface area contributed by atoms with Crippen LogP contribution in [0.5, 0.6) is 0 Å². The summed E-state index contributed by atoms with van der Waals surface area (Å²) < 4.78 is 158. The van der Waals surface area contributed by atoms with Crippen molar-refractivity contribution < 1.29 is 61.4 Å². The van der Waals surface area contributed by atoms with Gasteiger partial charge in [-0.15, -0.1) is 0 Å². The largest absolute Gasteiger partial charge is 0.743 e. The molecule has 0 N–H and O–H groups in total. The van der Waals surface area contributed by atoms with Crippen LogP contribution >= 0.6 is 0 Å². The molecule has 1 unspecified atom stereocenters. The Hall–Kier alpha value is -0.830. The number of nitrogens with zero attached hydrogens (tertiary/aromatic N) is 1. The number of hydrogen-bond acceptors (Lipinski definition) is 3. The number of unbranched alkanes of at least 4 members (excludes halogenated alkanes) is 3. The van der Waals surface area contributed by atoms with Crippen LogP contribution in [0.3, 0.4) is 0 Å². The van der Waals surface area contributed by atoms with Gasteiger partial charge in [0.25, 0.3) is 0 Å². The van der Waals surface area contributed by atoms with Crippen LogP contribution in [0.25, 0.3) is 0 Å². The van der Waals surface area contributed by atoms with E-state index in [0.29, 0.717) is 0 Å². The van der Waals surface area contributed by atoms with Gasteiger partial charge in [0.15, 0.2) is 16.3 Å². The van der Waals surface area contributed by atoms with E-state index in [1.807, 2.05) is 0 Å². The summed E-state index contributed by atoms with van der Waals surface area (Å²) >= 11 is 0. The summed E-state index contributed by atoms with van der Waals surface area (Å²) in [6.07, 6.45) is -12.6. The van der Waals surface area contributed by atoms with Crippen LogP contribution in [-0.4, -0.2) is 73.1 Å². The van der Waals surface area contributed by atoms with Gasteiger partial charge in [-0.2, -0.15) is 39.5 Å². The summed E-state index contributed by atoms with van der Waals surface area (Å²) in [7, 11) is -7.21. The Bertz CT molecular complexity index is 663. The first-order valence-electron chi connectivity index (χ1n) is 10.8. The fraction of sp³-hybridized carbons (Fsp3) is 1.00. The number of rotatable bonds is 14. The Labute approximate surface area is 194 Å². The zero-order valence-corrected chi connectivity index (χ0v) is 20.3. The molecule has 0 aromatic carbocycles. The second kappa shape index (κ2) is 13.5. The number of quaternary nitrogens is 1.